The summed E-state index contributed by atoms with van der Waals surface area (Å²) < 4.78 is 11.5. The molecule has 0 saturated carbocycles. The molecule has 156 valence electrons. The zero-order valence-electron chi connectivity index (χ0n) is 16.1. The van der Waals surface area contributed by atoms with Gasteiger partial charge in [-0.2, -0.15) is 0 Å². The average molecular weight is 464 g/mol. The molecule has 1 unspecified atom stereocenters. The molecule has 0 radical (unpaired) electrons. The summed E-state index contributed by atoms with van der Waals surface area (Å²) >= 11 is 12.4. The molecule has 1 heterocycles. The van der Waals surface area contributed by atoms with Crippen LogP contribution in [0.25, 0.3) is 6.08 Å². The number of rotatable bonds is 7. The van der Waals surface area contributed by atoms with Gasteiger partial charge in [-0.25, -0.2) is 4.79 Å². The SMILES string of the molecule is COc1cc(/C=C2\SC(=S)N(C(C)C(=O)O)C2=O)ccc1OCc1ccccc1Cl. The molecule has 9 heteroatoms. The monoisotopic (exact) mass is 463 g/mol. The molecule has 30 heavy (non-hydrogen) atoms. The Morgan fingerprint density at radius 2 is 2.03 bits per heavy atom. The van der Waals surface area contributed by atoms with Crippen LogP contribution in [0.5, 0.6) is 11.5 Å². The lowest BCUT2D eigenvalue weighted by atomic mass is 10.1. The lowest BCUT2D eigenvalue weighted by molar-refractivity contribution is -0.144. The van der Waals surface area contributed by atoms with Gasteiger partial charge in [0.05, 0.1) is 12.0 Å². The highest BCUT2D eigenvalue weighted by atomic mass is 35.5. The van der Waals surface area contributed by atoms with E-state index in [0.717, 1.165) is 22.2 Å². The van der Waals surface area contributed by atoms with Crippen LogP contribution in [-0.2, 0) is 16.2 Å². The molecule has 3 rings (SSSR count). The summed E-state index contributed by atoms with van der Waals surface area (Å²) in [7, 11) is 1.52. The van der Waals surface area contributed by atoms with Gasteiger partial charge in [-0.3, -0.25) is 9.69 Å². The van der Waals surface area contributed by atoms with Gasteiger partial charge in [0.25, 0.3) is 5.91 Å². The third kappa shape index (κ3) is 4.77. The molecule has 1 N–H and O–H groups in total. The molecule has 6 nitrogen and oxygen atoms in total. The molecular weight excluding hydrogens is 446 g/mol. The van der Waals surface area contributed by atoms with Crippen LogP contribution < -0.4 is 9.47 Å². The van der Waals surface area contributed by atoms with E-state index in [4.69, 9.17) is 33.3 Å². The lowest BCUT2D eigenvalue weighted by Crippen LogP contribution is -2.41. The molecule has 1 saturated heterocycles. The van der Waals surface area contributed by atoms with Crippen LogP contribution in [0.2, 0.25) is 5.02 Å². The quantitative estimate of drug-likeness (QED) is 0.475. The number of carbonyl (C=O) groups is 2. The third-order valence-electron chi connectivity index (χ3n) is 4.39. The number of hydrogen-bond acceptors (Lipinski definition) is 6. The summed E-state index contributed by atoms with van der Waals surface area (Å²) in [5.74, 6) is -0.529. The number of hydrogen-bond donors (Lipinski definition) is 1. The predicted octanol–water partition coefficient (Wildman–Crippen LogP) is 4.60. The largest absolute Gasteiger partial charge is 0.493 e. The molecule has 2 aromatic rings. The zero-order valence-corrected chi connectivity index (χ0v) is 18.5. The van der Waals surface area contributed by atoms with Crippen molar-refractivity contribution in [3.8, 4) is 11.5 Å². The van der Waals surface area contributed by atoms with E-state index < -0.39 is 17.9 Å². The fourth-order valence-electron chi connectivity index (χ4n) is 2.74. The van der Waals surface area contributed by atoms with Gasteiger partial charge in [0.15, 0.2) is 11.5 Å². The molecule has 1 aliphatic rings. The summed E-state index contributed by atoms with van der Waals surface area (Å²) in [6.07, 6.45) is 1.65. The molecule has 1 amide bonds. The minimum absolute atomic E-state index is 0.216. The lowest BCUT2D eigenvalue weighted by Gasteiger charge is -2.18. The van der Waals surface area contributed by atoms with Crippen molar-refractivity contribution in [3.63, 3.8) is 0 Å². The summed E-state index contributed by atoms with van der Waals surface area (Å²) in [6, 6.07) is 11.6. The normalized spacial score (nSPS) is 16.1. The highest BCUT2D eigenvalue weighted by Gasteiger charge is 2.38. The Balaban J connectivity index is 1.79. The van der Waals surface area contributed by atoms with Gasteiger partial charge in [0.1, 0.15) is 17.0 Å². The molecular formula is C21H18ClNO5S2. The van der Waals surface area contributed by atoms with Gasteiger partial charge in [-0.1, -0.05) is 59.8 Å². The number of thioether (sulfide) groups is 1. The number of halogens is 1. The maximum Gasteiger partial charge on any atom is 0.326 e. The number of carboxylic acid groups (broad SMARTS) is 1. The number of benzene rings is 2. The number of nitrogens with zero attached hydrogens (tertiary/aromatic N) is 1. The van der Waals surface area contributed by atoms with Crippen molar-refractivity contribution in [1.29, 1.82) is 0 Å². The second kappa shape index (κ2) is 9.51. The second-order valence-corrected chi connectivity index (χ2v) is 8.44. The molecule has 0 aromatic heterocycles. The number of thiocarbonyl (C=S) groups is 1. The summed E-state index contributed by atoms with van der Waals surface area (Å²) in [6.45, 7) is 1.70. The molecule has 0 bridgehead atoms. The van der Waals surface area contributed by atoms with Gasteiger partial charge >= 0.3 is 5.97 Å². The average Bonchev–Trinajstić information content (AvgIpc) is 3.00. The summed E-state index contributed by atoms with van der Waals surface area (Å²) in [5.41, 5.74) is 1.54. The van der Waals surface area contributed by atoms with E-state index in [9.17, 15) is 14.7 Å². The van der Waals surface area contributed by atoms with E-state index in [1.54, 1.807) is 30.3 Å². The predicted molar refractivity (Wildman–Crippen MR) is 121 cm³/mol. The molecule has 1 atom stereocenters. The number of aliphatic carboxylic acids is 1. The van der Waals surface area contributed by atoms with E-state index in [1.165, 1.54) is 14.0 Å². The number of ether oxygens (including phenoxy) is 2. The number of carbonyl (C=O) groups excluding carboxylic acids is 1. The van der Waals surface area contributed by atoms with E-state index in [0.29, 0.717) is 27.0 Å². The van der Waals surface area contributed by atoms with Gasteiger partial charge < -0.3 is 14.6 Å². The maximum absolute atomic E-state index is 12.6. The van der Waals surface area contributed by atoms with Crippen LogP contribution in [0, 0.1) is 0 Å². The summed E-state index contributed by atoms with van der Waals surface area (Å²) in [4.78, 5) is 25.3. The Hall–Kier alpha value is -2.55. The minimum Gasteiger partial charge on any atom is -0.493 e. The van der Waals surface area contributed by atoms with Crippen LogP contribution in [0.3, 0.4) is 0 Å². The first-order valence-electron chi connectivity index (χ1n) is 8.86. The number of carboxylic acids is 1. The molecule has 0 spiro atoms. The van der Waals surface area contributed by atoms with Crippen molar-refractivity contribution >= 4 is 57.9 Å². The standard InChI is InChI=1S/C21H18ClNO5S2/c1-12(20(25)26)23-19(24)18(30-21(23)29)10-13-7-8-16(17(9-13)27-2)28-11-14-5-3-4-6-15(14)22/h3-10,12H,11H2,1-2H3,(H,25,26)/b18-10-. The topological polar surface area (TPSA) is 76.1 Å². The first kappa shape index (κ1) is 22.1. The van der Waals surface area contributed by atoms with E-state index in [1.807, 2.05) is 18.2 Å². The summed E-state index contributed by atoms with van der Waals surface area (Å²) in [5, 5.41) is 9.80. The second-order valence-electron chi connectivity index (χ2n) is 6.36. The van der Waals surface area contributed by atoms with Gasteiger partial charge in [-0.05, 0) is 36.8 Å². The van der Waals surface area contributed by atoms with Crippen molar-refractivity contribution in [2.24, 2.45) is 0 Å². The van der Waals surface area contributed by atoms with Crippen LogP contribution in [0.15, 0.2) is 47.4 Å². The maximum atomic E-state index is 12.6. The molecule has 1 aliphatic heterocycles. The third-order valence-corrected chi connectivity index (χ3v) is 6.09. The van der Waals surface area contributed by atoms with E-state index in [2.05, 4.69) is 0 Å². The highest BCUT2D eigenvalue weighted by Crippen LogP contribution is 2.36. The van der Waals surface area contributed by atoms with Crippen molar-refractivity contribution in [2.75, 3.05) is 7.11 Å². The fourth-order valence-corrected chi connectivity index (χ4v) is 4.35. The zero-order chi connectivity index (χ0) is 21.8. The highest BCUT2D eigenvalue weighted by molar-refractivity contribution is 8.26. The molecule has 0 aliphatic carbocycles. The van der Waals surface area contributed by atoms with Crippen LogP contribution in [0.1, 0.15) is 18.1 Å². The fraction of sp³-hybridized carbons (Fsp3) is 0.190. The van der Waals surface area contributed by atoms with Crippen molar-refractivity contribution in [2.45, 2.75) is 19.6 Å². The van der Waals surface area contributed by atoms with Crippen LogP contribution >= 0.6 is 35.6 Å². The molecule has 1 fully saturated rings. The van der Waals surface area contributed by atoms with Gasteiger partial charge in [-0.15, -0.1) is 0 Å². The van der Waals surface area contributed by atoms with Gasteiger partial charge in [0.2, 0.25) is 0 Å². The number of methoxy groups -OCH3 is 1. The Morgan fingerprint density at radius 3 is 2.70 bits per heavy atom. The van der Waals surface area contributed by atoms with Crippen LogP contribution in [0.4, 0.5) is 0 Å². The van der Waals surface area contributed by atoms with Crippen LogP contribution in [-0.4, -0.2) is 39.4 Å². The Bertz CT molecular complexity index is 1040. The van der Waals surface area contributed by atoms with Crippen molar-refractivity contribution < 1.29 is 24.2 Å². The van der Waals surface area contributed by atoms with Crippen molar-refractivity contribution in [3.05, 3.63) is 63.5 Å². The van der Waals surface area contributed by atoms with Crippen molar-refractivity contribution in [1.82, 2.24) is 4.90 Å². The minimum atomic E-state index is -1.12. The first-order chi connectivity index (χ1) is 14.3. The van der Waals surface area contributed by atoms with Gasteiger partial charge in [0, 0.05) is 10.6 Å². The van der Waals surface area contributed by atoms with E-state index in [-0.39, 0.29) is 10.9 Å². The molecule has 2 aromatic carbocycles. The Labute approximate surface area is 188 Å². The number of amides is 1. The first-order valence-corrected chi connectivity index (χ1v) is 10.5. The Kier molecular flexibility index (Phi) is 7.02. The Morgan fingerprint density at radius 1 is 1.30 bits per heavy atom. The van der Waals surface area contributed by atoms with E-state index >= 15 is 0 Å². The smallest absolute Gasteiger partial charge is 0.326 e.